The molecule has 4 heteroatoms. The van der Waals surface area contributed by atoms with Gasteiger partial charge in [0.05, 0.1) is 12.0 Å². The Labute approximate surface area is 77.7 Å². The van der Waals surface area contributed by atoms with Gasteiger partial charge in [0.25, 0.3) is 0 Å². The van der Waals surface area contributed by atoms with E-state index in [0.717, 1.165) is 13.0 Å². The molecule has 1 saturated carbocycles. The average Bonchev–Trinajstić information content (AvgIpc) is 2.60. The highest BCUT2D eigenvalue weighted by molar-refractivity contribution is 5.81. The van der Waals surface area contributed by atoms with Crippen LogP contribution < -0.4 is 10.6 Å². The Kier molecular flexibility index (Phi) is 2.26. The lowest BCUT2D eigenvalue weighted by Gasteiger charge is -2.33. The van der Waals surface area contributed by atoms with Crippen LogP contribution in [-0.2, 0) is 4.79 Å². The Bertz CT molecular complexity index is 204. The summed E-state index contributed by atoms with van der Waals surface area (Å²) in [6.07, 6.45) is 0.696. The molecule has 2 bridgehead atoms. The quantitative estimate of drug-likeness (QED) is 0.532. The number of hydrogen-bond donors (Lipinski definition) is 3. The second-order valence-electron chi connectivity index (χ2n) is 4.13. The minimum Gasteiger partial charge on any atom is -0.392 e. The van der Waals surface area contributed by atoms with Crippen LogP contribution in [0.3, 0.4) is 0 Å². The Hall–Kier alpha value is -0.610. The summed E-state index contributed by atoms with van der Waals surface area (Å²) in [4.78, 5) is 11.5. The second kappa shape index (κ2) is 3.27. The zero-order valence-electron chi connectivity index (χ0n) is 7.79. The smallest absolute Gasteiger partial charge is 0.225 e. The largest absolute Gasteiger partial charge is 0.392 e. The Morgan fingerprint density at radius 1 is 1.77 bits per heavy atom. The predicted octanol–water partition coefficient (Wildman–Crippen LogP) is -0.909. The highest BCUT2D eigenvalue weighted by Gasteiger charge is 2.50. The molecule has 4 nitrogen and oxygen atoms in total. The highest BCUT2D eigenvalue weighted by atomic mass is 16.3. The van der Waals surface area contributed by atoms with E-state index in [9.17, 15) is 4.79 Å². The van der Waals surface area contributed by atoms with Gasteiger partial charge in [-0.2, -0.15) is 0 Å². The second-order valence-corrected chi connectivity index (χ2v) is 4.13. The van der Waals surface area contributed by atoms with Crippen molar-refractivity contribution in [3.05, 3.63) is 0 Å². The van der Waals surface area contributed by atoms with E-state index in [1.54, 1.807) is 6.92 Å². The molecule has 1 amide bonds. The first-order valence-electron chi connectivity index (χ1n) is 4.87. The topological polar surface area (TPSA) is 61.4 Å². The van der Waals surface area contributed by atoms with Crippen LogP contribution in [0.5, 0.6) is 0 Å². The molecule has 1 aliphatic carbocycles. The maximum Gasteiger partial charge on any atom is 0.225 e. The van der Waals surface area contributed by atoms with Gasteiger partial charge in [-0.25, -0.2) is 0 Å². The summed E-state index contributed by atoms with van der Waals surface area (Å²) >= 11 is 0. The number of nitrogens with one attached hydrogen (secondary N) is 2. The molecule has 3 fully saturated rings. The summed E-state index contributed by atoms with van der Waals surface area (Å²) in [5.74, 6) is 0.810. The van der Waals surface area contributed by atoms with E-state index in [-0.39, 0.29) is 11.8 Å². The van der Waals surface area contributed by atoms with E-state index in [1.807, 2.05) is 0 Å². The van der Waals surface area contributed by atoms with E-state index in [0.29, 0.717) is 18.5 Å². The number of carbonyl (C=O) groups excluding carboxylic acids is 1. The lowest BCUT2D eigenvalue weighted by molar-refractivity contribution is -0.129. The van der Waals surface area contributed by atoms with Crippen LogP contribution in [0.2, 0.25) is 0 Å². The third-order valence-electron chi connectivity index (χ3n) is 3.01. The van der Waals surface area contributed by atoms with Gasteiger partial charge in [-0.3, -0.25) is 4.79 Å². The zero-order chi connectivity index (χ0) is 9.42. The third-order valence-corrected chi connectivity index (χ3v) is 3.01. The van der Waals surface area contributed by atoms with Gasteiger partial charge in [-0.1, -0.05) is 0 Å². The van der Waals surface area contributed by atoms with E-state index in [1.165, 1.54) is 0 Å². The zero-order valence-corrected chi connectivity index (χ0v) is 7.79. The maximum absolute atomic E-state index is 11.5. The Morgan fingerprint density at radius 3 is 3.00 bits per heavy atom. The Morgan fingerprint density at radius 2 is 2.54 bits per heavy atom. The van der Waals surface area contributed by atoms with Crippen LogP contribution in [0.1, 0.15) is 13.3 Å². The molecule has 4 unspecified atom stereocenters. The fraction of sp³-hybridized carbons (Fsp3) is 0.889. The molecule has 0 spiro atoms. The molecule has 2 heterocycles. The molecule has 0 aromatic rings. The minimum absolute atomic E-state index is 0.104. The van der Waals surface area contributed by atoms with Crippen molar-refractivity contribution in [3.8, 4) is 0 Å². The standard InChI is InChI=1S/C9H16N2O2/c1-5(12)3-11-9(13)8-6-2-7(8)10-4-6/h5-8,10,12H,2-4H2,1H3,(H,11,13). The van der Waals surface area contributed by atoms with Crippen molar-refractivity contribution < 1.29 is 9.90 Å². The fourth-order valence-corrected chi connectivity index (χ4v) is 2.24. The summed E-state index contributed by atoms with van der Waals surface area (Å²) in [5.41, 5.74) is 0. The van der Waals surface area contributed by atoms with Crippen molar-refractivity contribution in [3.63, 3.8) is 0 Å². The SMILES string of the molecule is CC(O)CNC(=O)C1C2CNC1C2. The van der Waals surface area contributed by atoms with Crippen molar-refractivity contribution in [1.82, 2.24) is 10.6 Å². The monoisotopic (exact) mass is 184 g/mol. The maximum atomic E-state index is 11.5. The minimum atomic E-state index is -0.449. The van der Waals surface area contributed by atoms with Crippen molar-refractivity contribution in [2.24, 2.45) is 11.8 Å². The molecule has 0 aromatic carbocycles. The van der Waals surface area contributed by atoms with E-state index >= 15 is 0 Å². The van der Waals surface area contributed by atoms with Gasteiger partial charge in [-0.05, 0) is 25.8 Å². The molecule has 3 N–H and O–H groups in total. The molecule has 0 radical (unpaired) electrons. The fourth-order valence-electron chi connectivity index (χ4n) is 2.24. The van der Waals surface area contributed by atoms with Gasteiger partial charge in [-0.15, -0.1) is 0 Å². The first-order valence-corrected chi connectivity index (χ1v) is 4.87. The van der Waals surface area contributed by atoms with Crippen LogP contribution in [-0.4, -0.2) is 36.2 Å². The molecule has 13 heavy (non-hydrogen) atoms. The third kappa shape index (κ3) is 1.56. The van der Waals surface area contributed by atoms with Crippen molar-refractivity contribution in [2.75, 3.05) is 13.1 Å². The average molecular weight is 184 g/mol. The first-order chi connectivity index (χ1) is 6.18. The summed E-state index contributed by atoms with van der Waals surface area (Å²) in [5, 5.41) is 15.0. The van der Waals surface area contributed by atoms with E-state index < -0.39 is 6.10 Å². The molecule has 2 aliphatic heterocycles. The van der Waals surface area contributed by atoms with Gasteiger partial charge >= 0.3 is 0 Å². The molecule has 3 rings (SSSR count). The molecule has 74 valence electrons. The normalized spacial score (nSPS) is 38.2. The Balaban J connectivity index is 1.78. The summed E-state index contributed by atoms with van der Waals surface area (Å²) < 4.78 is 0. The summed E-state index contributed by atoms with van der Waals surface area (Å²) in [7, 11) is 0. The van der Waals surface area contributed by atoms with Gasteiger partial charge in [0.15, 0.2) is 0 Å². The van der Waals surface area contributed by atoms with Gasteiger partial charge in [0.2, 0.25) is 5.91 Å². The first kappa shape index (κ1) is 8.97. The summed E-state index contributed by atoms with van der Waals surface area (Å²) in [6.45, 7) is 3.03. The van der Waals surface area contributed by atoms with Crippen LogP contribution >= 0.6 is 0 Å². The molecule has 0 aromatic heterocycles. The molecule has 3 aliphatic rings. The van der Waals surface area contributed by atoms with Gasteiger partial charge in [0, 0.05) is 12.6 Å². The van der Waals surface area contributed by atoms with Crippen LogP contribution in [0.15, 0.2) is 0 Å². The van der Waals surface area contributed by atoms with Crippen molar-refractivity contribution in [2.45, 2.75) is 25.5 Å². The lowest BCUT2D eigenvalue weighted by atomic mass is 9.73. The summed E-state index contributed by atoms with van der Waals surface area (Å²) in [6, 6.07) is 0.402. The highest BCUT2D eigenvalue weighted by Crippen LogP contribution is 2.39. The number of amides is 1. The van der Waals surface area contributed by atoms with E-state index in [4.69, 9.17) is 5.11 Å². The molecule has 4 atom stereocenters. The van der Waals surface area contributed by atoms with Gasteiger partial charge < -0.3 is 15.7 Å². The van der Waals surface area contributed by atoms with E-state index in [2.05, 4.69) is 10.6 Å². The molecular formula is C9H16N2O2. The van der Waals surface area contributed by atoms with Gasteiger partial charge in [0.1, 0.15) is 0 Å². The van der Waals surface area contributed by atoms with Crippen molar-refractivity contribution in [1.29, 1.82) is 0 Å². The van der Waals surface area contributed by atoms with Crippen LogP contribution in [0.4, 0.5) is 0 Å². The predicted molar refractivity (Wildman–Crippen MR) is 48.1 cm³/mol. The van der Waals surface area contributed by atoms with Crippen molar-refractivity contribution >= 4 is 5.91 Å². The molecule has 2 saturated heterocycles. The number of aliphatic hydroxyl groups excluding tert-OH is 1. The number of fused-ring (bicyclic) bond motifs is 1. The number of carbonyl (C=O) groups is 1. The molecular weight excluding hydrogens is 168 g/mol. The number of rotatable bonds is 3. The number of aliphatic hydroxyl groups is 1. The van der Waals surface area contributed by atoms with Crippen LogP contribution in [0, 0.1) is 11.8 Å². The van der Waals surface area contributed by atoms with Crippen LogP contribution in [0.25, 0.3) is 0 Å². The number of hydrogen-bond acceptors (Lipinski definition) is 3. The lowest BCUT2D eigenvalue weighted by Crippen LogP contribution is -2.48.